The fraction of sp³-hybridized carbons (Fsp3) is 1.00. The van der Waals surface area contributed by atoms with Gasteiger partial charge in [-0.25, -0.2) is 0 Å². The second kappa shape index (κ2) is 7.12. The van der Waals surface area contributed by atoms with Gasteiger partial charge in [-0.2, -0.15) is 0 Å². The molecule has 0 aromatic heterocycles. The van der Waals surface area contributed by atoms with Gasteiger partial charge in [-0.15, -0.1) is 0 Å². The van der Waals surface area contributed by atoms with Crippen molar-refractivity contribution in [3.8, 4) is 0 Å². The van der Waals surface area contributed by atoms with E-state index in [4.69, 9.17) is 0 Å². The van der Waals surface area contributed by atoms with Gasteiger partial charge in [-0.3, -0.25) is 0 Å². The van der Waals surface area contributed by atoms with E-state index in [0.29, 0.717) is 24.2 Å². The molecule has 0 bridgehead atoms. The average Bonchev–Trinajstić information content (AvgIpc) is 2.01. The van der Waals surface area contributed by atoms with E-state index in [1.807, 2.05) is 0 Å². The Balaban J connectivity index is 4.48. The van der Waals surface area contributed by atoms with Crippen molar-refractivity contribution in [2.75, 3.05) is 0 Å². The molecule has 0 N–H and O–H groups in total. The molecule has 0 unspecified atom stereocenters. The fourth-order valence-corrected chi connectivity index (χ4v) is 5.19. The van der Waals surface area contributed by atoms with E-state index < -0.39 is 21.7 Å². The molecule has 2 nitrogen and oxygen atoms in total. The van der Waals surface area contributed by atoms with Gasteiger partial charge in [0.15, 0.2) is 0 Å². The summed E-state index contributed by atoms with van der Waals surface area (Å²) in [4.78, 5) is 0. The van der Waals surface area contributed by atoms with E-state index in [-0.39, 0.29) is 0 Å². The molecule has 0 amide bonds. The molecule has 0 fully saturated rings. The third kappa shape index (κ3) is 5.55. The molecule has 0 aromatic rings. The minimum atomic E-state index is -0.588. The van der Waals surface area contributed by atoms with Gasteiger partial charge in [-0.1, -0.05) is 0 Å². The summed E-state index contributed by atoms with van der Waals surface area (Å²) in [6, 6.07) is 2.77. The molecular formula is C12H28N2Sn. The maximum atomic E-state index is 2.71. The van der Waals surface area contributed by atoms with Gasteiger partial charge in [0.25, 0.3) is 0 Å². The summed E-state index contributed by atoms with van der Waals surface area (Å²) in [6.45, 7) is 18.6. The number of rotatable bonds is 6. The van der Waals surface area contributed by atoms with Gasteiger partial charge in [0, 0.05) is 0 Å². The Kier molecular flexibility index (Phi) is 7.47. The predicted octanol–water partition coefficient (Wildman–Crippen LogP) is 2.76. The SMILES string of the molecule is CC(C)[N]([Sn][N](C(C)C)C(C)C)C(C)C. The first-order valence-corrected chi connectivity index (χ1v) is 8.65. The summed E-state index contributed by atoms with van der Waals surface area (Å²) in [6.07, 6.45) is 0. The Bertz CT molecular complexity index is 133. The first-order chi connectivity index (χ1) is 6.77. The van der Waals surface area contributed by atoms with Gasteiger partial charge in [0.05, 0.1) is 0 Å². The number of hydrogen-bond donors (Lipinski definition) is 0. The Morgan fingerprint density at radius 1 is 0.533 bits per heavy atom. The first-order valence-electron chi connectivity index (χ1n) is 6.10. The molecule has 0 atom stereocenters. The second-order valence-corrected chi connectivity index (χ2v) is 8.81. The van der Waals surface area contributed by atoms with Crippen molar-refractivity contribution in [2.24, 2.45) is 0 Å². The zero-order valence-electron chi connectivity index (χ0n) is 11.7. The van der Waals surface area contributed by atoms with Crippen LogP contribution in [0.1, 0.15) is 55.4 Å². The van der Waals surface area contributed by atoms with Crippen molar-refractivity contribution in [2.45, 2.75) is 79.6 Å². The van der Waals surface area contributed by atoms with Crippen LogP contribution in [0.25, 0.3) is 0 Å². The summed E-state index contributed by atoms with van der Waals surface area (Å²) >= 11 is -0.588. The van der Waals surface area contributed by atoms with Crippen LogP contribution >= 0.6 is 0 Å². The van der Waals surface area contributed by atoms with Gasteiger partial charge in [-0.05, 0) is 0 Å². The number of hydrogen-bond acceptors (Lipinski definition) is 2. The van der Waals surface area contributed by atoms with Crippen molar-refractivity contribution in [1.29, 1.82) is 0 Å². The first kappa shape index (κ1) is 15.7. The van der Waals surface area contributed by atoms with Gasteiger partial charge in [0.2, 0.25) is 0 Å². The molecule has 0 heterocycles. The summed E-state index contributed by atoms with van der Waals surface area (Å²) in [5.41, 5.74) is 0. The molecule has 0 aliphatic heterocycles. The van der Waals surface area contributed by atoms with E-state index in [1.54, 1.807) is 0 Å². The van der Waals surface area contributed by atoms with Crippen LogP contribution in [0.5, 0.6) is 0 Å². The van der Waals surface area contributed by atoms with Gasteiger partial charge < -0.3 is 0 Å². The number of nitrogens with zero attached hydrogens (tertiary/aromatic N) is 2. The molecule has 2 radical (unpaired) electrons. The minimum absolute atomic E-state index is 0.588. The molecule has 0 aliphatic rings. The third-order valence-corrected chi connectivity index (χ3v) is 9.67. The molecule has 0 aromatic carbocycles. The average molecular weight is 319 g/mol. The summed E-state index contributed by atoms with van der Waals surface area (Å²) < 4.78 is 5.42. The van der Waals surface area contributed by atoms with Crippen molar-refractivity contribution in [3.05, 3.63) is 0 Å². The van der Waals surface area contributed by atoms with E-state index in [1.165, 1.54) is 0 Å². The summed E-state index contributed by atoms with van der Waals surface area (Å²) in [5.74, 6) is 0. The monoisotopic (exact) mass is 320 g/mol. The maximum absolute atomic E-state index is 2.71. The topological polar surface area (TPSA) is 6.48 Å². The standard InChI is InChI=1S/2C6H14N.Sn/c2*1-5(2)7-6(3)4;/h2*5-6H,1-4H3;/q2*-1;+2. The molecule has 0 saturated heterocycles. The molecule has 15 heavy (non-hydrogen) atoms. The van der Waals surface area contributed by atoms with Gasteiger partial charge >= 0.3 is 107 Å². The second-order valence-electron chi connectivity index (χ2n) is 5.29. The molecule has 0 saturated carbocycles. The Morgan fingerprint density at radius 3 is 0.867 bits per heavy atom. The molecule has 0 aliphatic carbocycles. The van der Waals surface area contributed by atoms with Crippen LogP contribution in [0, 0.1) is 0 Å². The van der Waals surface area contributed by atoms with Crippen LogP contribution in [-0.2, 0) is 0 Å². The molecule has 0 spiro atoms. The van der Waals surface area contributed by atoms with E-state index >= 15 is 0 Å². The quantitative estimate of drug-likeness (QED) is 0.695. The third-order valence-electron chi connectivity index (χ3n) is 2.46. The summed E-state index contributed by atoms with van der Waals surface area (Å²) in [5, 5.41) is 0. The normalized spacial score (nSPS) is 13.2. The Hall–Kier alpha value is 0.719. The van der Waals surface area contributed by atoms with Crippen LogP contribution in [-0.4, -0.2) is 52.1 Å². The van der Waals surface area contributed by atoms with E-state index in [0.717, 1.165) is 0 Å². The van der Waals surface area contributed by atoms with Crippen LogP contribution in [0.15, 0.2) is 0 Å². The van der Waals surface area contributed by atoms with Crippen molar-refractivity contribution in [3.63, 3.8) is 0 Å². The van der Waals surface area contributed by atoms with Crippen LogP contribution in [0.4, 0.5) is 0 Å². The summed E-state index contributed by atoms with van der Waals surface area (Å²) in [7, 11) is 0. The van der Waals surface area contributed by atoms with Crippen LogP contribution < -0.4 is 0 Å². The molecule has 90 valence electrons. The molecule has 0 rings (SSSR count). The van der Waals surface area contributed by atoms with E-state index in [2.05, 4.69) is 61.6 Å². The molecule has 3 heteroatoms. The van der Waals surface area contributed by atoms with Crippen LogP contribution in [0.2, 0.25) is 0 Å². The molecular weight excluding hydrogens is 291 g/mol. The Labute approximate surface area is 107 Å². The van der Waals surface area contributed by atoms with Crippen LogP contribution in [0.3, 0.4) is 0 Å². The zero-order valence-corrected chi connectivity index (χ0v) is 14.6. The van der Waals surface area contributed by atoms with Crippen molar-refractivity contribution >= 4 is 21.7 Å². The zero-order chi connectivity index (χ0) is 12.2. The van der Waals surface area contributed by atoms with Gasteiger partial charge in [0.1, 0.15) is 0 Å². The Morgan fingerprint density at radius 2 is 0.733 bits per heavy atom. The fourth-order valence-electron chi connectivity index (χ4n) is 1.79. The van der Waals surface area contributed by atoms with Crippen molar-refractivity contribution in [1.82, 2.24) is 6.24 Å². The van der Waals surface area contributed by atoms with E-state index in [9.17, 15) is 0 Å². The van der Waals surface area contributed by atoms with Crippen molar-refractivity contribution < 1.29 is 0 Å². The predicted molar refractivity (Wildman–Crippen MR) is 70.0 cm³/mol.